The topological polar surface area (TPSA) is 38.5 Å². The highest BCUT2D eigenvalue weighted by Gasteiger charge is 2.20. The van der Waals surface area contributed by atoms with Crippen molar-refractivity contribution in [3.63, 3.8) is 0 Å². The minimum absolute atomic E-state index is 0.468. The average molecular weight is 200 g/mol. The van der Waals surface area contributed by atoms with Crippen LogP contribution in [0.15, 0.2) is 0 Å². The minimum Gasteiger partial charge on any atom is -0.377 e. The molecule has 1 atom stereocenters. The molecule has 2 N–H and O–H groups in total. The van der Waals surface area contributed by atoms with Crippen LogP contribution in [0.2, 0.25) is 0 Å². The molecule has 3 heteroatoms. The third kappa shape index (κ3) is 3.95. The number of rotatable bonds is 6. The Kier molecular flexibility index (Phi) is 5.45. The van der Waals surface area contributed by atoms with Crippen molar-refractivity contribution in [3.05, 3.63) is 0 Å². The van der Waals surface area contributed by atoms with Gasteiger partial charge < -0.3 is 10.5 Å². The van der Waals surface area contributed by atoms with Gasteiger partial charge in [-0.1, -0.05) is 0 Å². The number of nitrogens with two attached hydrogens (primary N) is 1. The molecule has 0 radical (unpaired) electrons. The molecule has 14 heavy (non-hydrogen) atoms. The first kappa shape index (κ1) is 12.0. The molecule has 84 valence electrons. The normalized spacial score (nSPS) is 22.5. The fourth-order valence-corrected chi connectivity index (χ4v) is 1.90. The number of ether oxygens (including phenoxy) is 1. The highest BCUT2D eigenvalue weighted by Crippen LogP contribution is 2.14. The van der Waals surface area contributed by atoms with E-state index < -0.39 is 0 Å². The van der Waals surface area contributed by atoms with Crippen LogP contribution < -0.4 is 5.73 Å². The molecule has 0 aromatic heterocycles. The van der Waals surface area contributed by atoms with E-state index in [1.165, 1.54) is 12.8 Å². The Morgan fingerprint density at radius 2 is 2.29 bits per heavy atom. The summed E-state index contributed by atoms with van der Waals surface area (Å²) < 4.78 is 5.64. The summed E-state index contributed by atoms with van der Waals surface area (Å²) in [6.45, 7) is 8.41. The second-order valence-electron chi connectivity index (χ2n) is 4.37. The average Bonchev–Trinajstić information content (AvgIpc) is 2.64. The summed E-state index contributed by atoms with van der Waals surface area (Å²) in [5, 5.41) is 0. The van der Waals surface area contributed by atoms with E-state index in [1.54, 1.807) is 0 Å². The fraction of sp³-hybridized carbons (Fsp3) is 1.00. The van der Waals surface area contributed by atoms with Crippen LogP contribution >= 0.6 is 0 Å². The van der Waals surface area contributed by atoms with Gasteiger partial charge in [-0.3, -0.25) is 4.90 Å². The lowest BCUT2D eigenvalue weighted by Gasteiger charge is -2.28. The minimum atomic E-state index is 0.468. The van der Waals surface area contributed by atoms with Crippen molar-refractivity contribution in [1.82, 2.24) is 4.90 Å². The molecule has 0 aromatic rings. The van der Waals surface area contributed by atoms with Gasteiger partial charge in [-0.2, -0.15) is 0 Å². The fourth-order valence-electron chi connectivity index (χ4n) is 1.90. The molecule has 0 saturated carbocycles. The van der Waals surface area contributed by atoms with E-state index in [2.05, 4.69) is 18.7 Å². The van der Waals surface area contributed by atoms with E-state index >= 15 is 0 Å². The first-order valence-electron chi connectivity index (χ1n) is 5.79. The summed E-state index contributed by atoms with van der Waals surface area (Å²) >= 11 is 0. The predicted molar refractivity (Wildman–Crippen MR) is 59.4 cm³/mol. The maximum atomic E-state index is 5.64. The van der Waals surface area contributed by atoms with Crippen molar-refractivity contribution < 1.29 is 4.74 Å². The molecule has 1 aliphatic heterocycles. The highest BCUT2D eigenvalue weighted by atomic mass is 16.5. The smallest absolute Gasteiger partial charge is 0.0702 e. The summed E-state index contributed by atoms with van der Waals surface area (Å²) in [5.74, 6) is 0. The molecular formula is C11H24N2O. The lowest BCUT2D eigenvalue weighted by molar-refractivity contribution is 0.0623. The van der Waals surface area contributed by atoms with Crippen molar-refractivity contribution in [3.8, 4) is 0 Å². The lowest BCUT2D eigenvalue weighted by atomic mass is 10.2. The zero-order valence-corrected chi connectivity index (χ0v) is 9.54. The Bertz CT molecular complexity index is 144. The van der Waals surface area contributed by atoms with Gasteiger partial charge in [0.05, 0.1) is 6.10 Å². The van der Waals surface area contributed by atoms with Gasteiger partial charge in [-0.05, 0) is 46.2 Å². The Hall–Kier alpha value is -0.120. The molecule has 0 amide bonds. The van der Waals surface area contributed by atoms with E-state index in [0.29, 0.717) is 12.1 Å². The molecule has 1 saturated heterocycles. The molecule has 1 unspecified atom stereocenters. The maximum Gasteiger partial charge on any atom is 0.0702 e. The molecular weight excluding hydrogens is 176 g/mol. The third-order valence-corrected chi connectivity index (χ3v) is 2.84. The second-order valence-corrected chi connectivity index (χ2v) is 4.37. The highest BCUT2D eigenvalue weighted by molar-refractivity contribution is 4.72. The van der Waals surface area contributed by atoms with Gasteiger partial charge in [0.15, 0.2) is 0 Å². The number of nitrogens with zero attached hydrogens (tertiary/aromatic N) is 1. The summed E-state index contributed by atoms with van der Waals surface area (Å²) in [7, 11) is 0. The van der Waals surface area contributed by atoms with E-state index in [1.807, 2.05) is 0 Å². The number of hydrogen-bond acceptors (Lipinski definition) is 3. The predicted octanol–water partition coefficient (Wildman–Crippen LogP) is 1.22. The quantitative estimate of drug-likeness (QED) is 0.701. The Labute approximate surface area is 87.6 Å². The van der Waals surface area contributed by atoms with Gasteiger partial charge in [-0.15, -0.1) is 0 Å². The van der Waals surface area contributed by atoms with Gasteiger partial charge in [0.25, 0.3) is 0 Å². The van der Waals surface area contributed by atoms with E-state index in [9.17, 15) is 0 Å². The zero-order chi connectivity index (χ0) is 10.4. The van der Waals surface area contributed by atoms with Gasteiger partial charge in [0.2, 0.25) is 0 Å². The zero-order valence-electron chi connectivity index (χ0n) is 9.54. The summed E-state index contributed by atoms with van der Waals surface area (Å²) in [6, 6.07) is 0.603. The van der Waals surface area contributed by atoms with Crippen LogP contribution in [-0.2, 0) is 4.74 Å². The molecule has 1 heterocycles. The summed E-state index contributed by atoms with van der Waals surface area (Å²) in [4.78, 5) is 2.48. The van der Waals surface area contributed by atoms with Crippen LogP contribution in [-0.4, -0.2) is 43.3 Å². The molecule has 0 bridgehead atoms. The van der Waals surface area contributed by atoms with Gasteiger partial charge >= 0.3 is 0 Å². The standard InChI is InChI=1S/C11H24N2O/c1-10(2)13(7-4-6-12)9-11-5-3-8-14-11/h10-11H,3-9,12H2,1-2H3. The van der Waals surface area contributed by atoms with Gasteiger partial charge in [0.1, 0.15) is 0 Å². The first-order valence-corrected chi connectivity index (χ1v) is 5.79. The van der Waals surface area contributed by atoms with Crippen LogP contribution in [0.3, 0.4) is 0 Å². The van der Waals surface area contributed by atoms with Crippen LogP contribution in [0.5, 0.6) is 0 Å². The van der Waals surface area contributed by atoms with Gasteiger partial charge in [0, 0.05) is 19.2 Å². The molecule has 0 spiro atoms. The Morgan fingerprint density at radius 3 is 2.79 bits per heavy atom. The largest absolute Gasteiger partial charge is 0.377 e. The van der Waals surface area contributed by atoms with Crippen LogP contribution in [0.1, 0.15) is 33.1 Å². The third-order valence-electron chi connectivity index (χ3n) is 2.84. The van der Waals surface area contributed by atoms with Crippen molar-refractivity contribution in [2.75, 3.05) is 26.2 Å². The number of hydrogen-bond donors (Lipinski definition) is 1. The molecule has 1 fully saturated rings. The summed E-state index contributed by atoms with van der Waals surface area (Å²) in [5.41, 5.74) is 5.53. The Morgan fingerprint density at radius 1 is 1.50 bits per heavy atom. The SMILES string of the molecule is CC(C)N(CCCN)CC1CCCO1. The monoisotopic (exact) mass is 200 g/mol. The van der Waals surface area contributed by atoms with E-state index in [4.69, 9.17) is 10.5 Å². The maximum absolute atomic E-state index is 5.64. The lowest BCUT2D eigenvalue weighted by Crippen LogP contribution is -2.38. The molecule has 3 nitrogen and oxygen atoms in total. The van der Waals surface area contributed by atoms with E-state index in [-0.39, 0.29) is 0 Å². The summed E-state index contributed by atoms with van der Waals surface area (Å²) in [6.07, 6.45) is 4.01. The first-order chi connectivity index (χ1) is 6.74. The van der Waals surface area contributed by atoms with Gasteiger partial charge in [-0.25, -0.2) is 0 Å². The van der Waals surface area contributed by atoms with Crippen LogP contribution in [0, 0.1) is 0 Å². The van der Waals surface area contributed by atoms with Crippen LogP contribution in [0.25, 0.3) is 0 Å². The van der Waals surface area contributed by atoms with Crippen molar-refractivity contribution in [2.24, 2.45) is 5.73 Å². The van der Waals surface area contributed by atoms with Crippen molar-refractivity contribution in [2.45, 2.75) is 45.3 Å². The van der Waals surface area contributed by atoms with Crippen molar-refractivity contribution >= 4 is 0 Å². The second kappa shape index (κ2) is 6.38. The van der Waals surface area contributed by atoms with Crippen LogP contribution in [0.4, 0.5) is 0 Å². The molecule has 1 aliphatic rings. The molecule has 0 aliphatic carbocycles. The molecule has 0 aromatic carbocycles. The van der Waals surface area contributed by atoms with Crippen molar-refractivity contribution in [1.29, 1.82) is 0 Å². The molecule has 1 rings (SSSR count). The van der Waals surface area contributed by atoms with E-state index in [0.717, 1.165) is 32.7 Å². The Balaban J connectivity index is 2.26.